The van der Waals surface area contributed by atoms with Crippen molar-refractivity contribution in [2.24, 2.45) is 4.99 Å². The Hall–Kier alpha value is -4.74. The van der Waals surface area contributed by atoms with Gasteiger partial charge in [-0.2, -0.15) is 0 Å². The second-order valence-electron chi connectivity index (χ2n) is 9.45. The van der Waals surface area contributed by atoms with Gasteiger partial charge in [0.15, 0.2) is 4.80 Å². The van der Waals surface area contributed by atoms with E-state index in [9.17, 15) is 14.4 Å². The lowest BCUT2D eigenvalue weighted by Gasteiger charge is -2.26. The first-order valence-electron chi connectivity index (χ1n) is 13.5. The third-order valence-corrected chi connectivity index (χ3v) is 7.76. The molecule has 0 N–H and O–H groups in total. The molecule has 1 aliphatic heterocycles. The molecule has 0 saturated carbocycles. The van der Waals surface area contributed by atoms with Crippen molar-refractivity contribution in [3.8, 4) is 17.1 Å². The number of para-hydroxylation sites is 1. The van der Waals surface area contributed by atoms with Crippen LogP contribution in [0.1, 0.15) is 41.6 Å². The molecule has 1 aliphatic rings. The number of ether oxygens (including phenoxy) is 4. The Balaban J connectivity index is 1.55. The molecule has 222 valence electrons. The van der Waals surface area contributed by atoms with Crippen LogP contribution in [0.25, 0.3) is 17.4 Å². The third-order valence-electron chi connectivity index (χ3n) is 6.78. The Kier molecular flexibility index (Phi) is 9.03. The topological polar surface area (TPSA) is 119 Å². The molecule has 3 heterocycles. The summed E-state index contributed by atoms with van der Waals surface area (Å²) in [7, 11) is 3.06. The first-order chi connectivity index (χ1) is 20.9. The van der Waals surface area contributed by atoms with Crippen molar-refractivity contribution in [1.82, 2.24) is 4.57 Å². The first kappa shape index (κ1) is 29.7. The molecule has 0 aliphatic carbocycles. The van der Waals surface area contributed by atoms with Gasteiger partial charge in [0.05, 0.1) is 41.7 Å². The zero-order valence-corrected chi connectivity index (χ0v) is 24.9. The van der Waals surface area contributed by atoms with Crippen LogP contribution < -0.4 is 19.6 Å². The number of fused-ring (bicyclic) bond motifs is 1. The lowest BCUT2D eigenvalue weighted by molar-refractivity contribution is -0.140. The lowest BCUT2D eigenvalue weighted by Crippen LogP contribution is -2.40. The minimum absolute atomic E-state index is 0.0571. The lowest BCUT2D eigenvalue weighted by atomic mass is 9.95. The van der Waals surface area contributed by atoms with Crippen molar-refractivity contribution in [3.05, 3.63) is 109 Å². The number of hydrogen-bond donors (Lipinski definition) is 0. The van der Waals surface area contributed by atoms with E-state index in [2.05, 4.69) is 4.99 Å². The SMILES string of the molecule is CCOC(=O)c1ccc(-c2ccc(C=c3sc4n(c3=O)C(c3ccccc3OC)C(C(=O)OCCOC)=C(C)N=4)o2)cc1. The van der Waals surface area contributed by atoms with Crippen LogP contribution in [0, 0.1) is 0 Å². The van der Waals surface area contributed by atoms with E-state index in [0.717, 1.165) is 5.56 Å². The van der Waals surface area contributed by atoms with Crippen LogP contribution >= 0.6 is 11.3 Å². The third kappa shape index (κ3) is 6.08. The van der Waals surface area contributed by atoms with Crippen LogP contribution in [0.4, 0.5) is 0 Å². The summed E-state index contributed by atoms with van der Waals surface area (Å²) in [6, 6.07) is 16.8. The molecular formula is C32H30N2O8S. The molecule has 0 spiro atoms. The average Bonchev–Trinajstić information content (AvgIpc) is 3.60. The van der Waals surface area contributed by atoms with E-state index in [1.807, 2.05) is 18.2 Å². The monoisotopic (exact) mass is 602 g/mol. The maximum absolute atomic E-state index is 13.9. The van der Waals surface area contributed by atoms with E-state index < -0.39 is 18.0 Å². The van der Waals surface area contributed by atoms with Gasteiger partial charge in [-0.1, -0.05) is 41.7 Å². The quantitative estimate of drug-likeness (QED) is 0.198. The molecule has 0 bridgehead atoms. The summed E-state index contributed by atoms with van der Waals surface area (Å²) in [4.78, 5) is 44.3. The highest BCUT2D eigenvalue weighted by atomic mass is 32.1. The standard InChI is InChI=1S/C32H30N2O8S/c1-5-40-30(36)21-12-10-20(11-13-21)24-15-14-22(42-24)18-26-29(35)34-28(23-8-6-7-9-25(23)39-4)27(19(2)33-32(34)43-26)31(37)41-17-16-38-3/h6-15,18,28H,5,16-17H2,1-4H3. The van der Waals surface area contributed by atoms with E-state index >= 15 is 0 Å². The maximum Gasteiger partial charge on any atom is 0.338 e. The average molecular weight is 603 g/mol. The summed E-state index contributed by atoms with van der Waals surface area (Å²) in [6.45, 7) is 4.06. The highest BCUT2D eigenvalue weighted by Gasteiger charge is 2.35. The molecule has 0 amide bonds. The molecule has 5 rings (SSSR count). The van der Waals surface area contributed by atoms with Crippen LogP contribution in [0.5, 0.6) is 5.75 Å². The molecule has 4 aromatic rings. The van der Waals surface area contributed by atoms with Crippen LogP contribution in [0.2, 0.25) is 0 Å². The Labute approximate surface area is 251 Å². The number of furan rings is 1. The number of rotatable bonds is 10. The molecule has 2 aromatic carbocycles. The summed E-state index contributed by atoms with van der Waals surface area (Å²) in [5, 5.41) is 0. The largest absolute Gasteiger partial charge is 0.496 e. The van der Waals surface area contributed by atoms with Gasteiger partial charge in [-0.15, -0.1) is 0 Å². The zero-order valence-electron chi connectivity index (χ0n) is 24.1. The number of esters is 2. The van der Waals surface area contributed by atoms with Gasteiger partial charge in [-0.3, -0.25) is 9.36 Å². The number of hydrogen-bond acceptors (Lipinski definition) is 10. The van der Waals surface area contributed by atoms with Gasteiger partial charge in [0, 0.05) is 24.3 Å². The number of allylic oxidation sites excluding steroid dienone is 1. The molecule has 0 fully saturated rings. The van der Waals surface area contributed by atoms with Crippen molar-refractivity contribution in [2.75, 3.05) is 34.0 Å². The van der Waals surface area contributed by atoms with Crippen LogP contribution in [0.15, 0.2) is 86.1 Å². The minimum Gasteiger partial charge on any atom is -0.496 e. The fourth-order valence-corrected chi connectivity index (χ4v) is 5.79. The Morgan fingerprint density at radius 1 is 1.00 bits per heavy atom. The highest BCUT2D eigenvalue weighted by molar-refractivity contribution is 7.07. The van der Waals surface area contributed by atoms with Crippen LogP contribution in [-0.2, 0) is 19.0 Å². The highest BCUT2D eigenvalue weighted by Crippen LogP contribution is 2.35. The summed E-state index contributed by atoms with van der Waals surface area (Å²) >= 11 is 1.19. The fraction of sp³-hybridized carbons (Fsp3) is 0.250. The second-order valence-corrected chi connectivity index (χ2v) is 10.5. The number of nitrogens with zero attached hydrogens (tertiary/aromatic N) is 2. The normalized spacial score (nSPS) is 14.7. The molecule has 11 heteroatoms. The van der Waals surface area contributed by atoms with Gasteiger partial charge in [0.1, 0.15) is 29.9 Å². The molecule has 2 aromatic heterocycles. The molecule has 1 unspecified atom stereocenters. The van der Waals surface area contributed by atoms with Gasteiger partial charge < -0.3 is 23.4 Å². The first-order valence-corrected chi connectivity index (χ1v) is 14.4. The van der Waals surface area contributed by atoms with Gasteiger partial charge in [0.2, 0.25) is 0 Å². The predicted molar refractivity (Wildman–Crippen MR) is 160 cm³/mol. The maximum atomic E-state index is 13.9. The summed E-state index contributed by atoms with van der Waals surface area (Å²) in [5.74, 6) is 0.561. The van der Waals surface area contributed by atoms with E-state index in [0.29, 0.717) is 50.0 Å². The predicted octanol–water partition coefficient (Wildman–Crippen LogP) is 3.87. The van der Waals surface area contributed by atoms with Crippen molar-refractivity contribution in [2.45, 2.75) is 19.9 Å². The van der Waals surface area contributed by atoms with Crippen molar-refractivity contribution < 1.29 is 33.0 Å². The Morgan fingerprint density at radius 2 is 1.77 bits per heavy atom. The minimum atomic E-state index is -0.824. The summed E-state index contributed by atoms with van der Waals surface area (Å²) in [5.41, 5.74) is 2.17. The van der Waals surface area contributed by atoms with Gasteiger partial charge in [0.25, 0.3) is 5.56 Å². The second kappa shape index (κ2) is 13.1. The molecule has 0 saturated heterocycles. The Morgan fingerprint density at radius 3 is 2.49 bits per heavy atom. The van der Waals surface area contributed by atoms with Gasteiger partial charge >= 0.3 is 11.9 Å². The Bertz CT molecular complexity index is 1860. The van der Waals surface area contributed by atoms with E-state index in [-0.39, 0.29) is 24.3 Å². The van der Waals surface area contributed by atoms with Crippen LogP contribution in [-0.4, -0.2) is 50.5 Å². The van der Waals surface area contributed by atoms with Crippen molar-refractivity contribution in [1.29, 1.82) is 0 Å². The summed E-state index contributed by atoms with van der Waals surface area (Å²) < 4.78 is 29.0. The number of benzene rings is 2. The number of thiazole rings is 1. The van der Waals surface area contributed by atoms with Crippen molar-refractivity contribution >= 4 is 29.4 Å². The summed E-state index contributed by atoms with van der Waals surface area (Å²) in [6.07, 6.45) is 1.65. The number of aromatic nitrogens is 1. The number of carbonyl (C=O) groups excluding carboxylic acids is 2. The number of methoxy groups -OCH3 is 2. The van der Waals surface area contributed by atoms with E-state index in [1.54, 1.807) is 62.4 Å². The van der Waals surface area contributed by atoms with Gasteiger partial charge in [-0.05, 0) is 44.2 Å². The molecule has 0 radical (unpaired) electrons. The van der Waals surface area contributed by atoms with E-state index in [4.69, 9.17) is 23.4 Å². The molecule has 1 atom stereocenters. The molecule has 43 heavy (non-hydrogen) atoms. The molecule has 10 nitrogen and oxygen atoms in total. The smallest absolute Gasteiger partial charge is 0.338 e. The van der Waals surface area contributed by atoms with Crippen LogP contribution in [0.3, 0.4) is 0 Å². The van der Waals surface area contributed by atoms with Crippen molar-refractivity contribution in [3.63, 3.8) is 0 Å². The fourth-order valence-electron chi connectivity index (χ4n) is 4.76. The zero-order chi connectivity index (χ0) is 30.5. The van der Waals surface area contributed by atoms with E-state index in [1.165, 1.54) is 30.1 Å². The molecular weight excluding hydrogens is 572 g/mol. The van der Waals surface area contributed by atoms with Gasteiger partial charge in [-0.25, -0.2) is 14.6 Å². The number of carbonyl (C=O) groups is 2.